The van der Waals surface area contributed by atoms with E-state index in [9.17, 15) is 0 Å². The number of aryl methyl sites for hydroxylation is 1. The van der Waals surface area contributed by atoms with Crippen molar-refractivity contribution in [1.82, 2.24) is 9.97 Å². The van der Waals surface area contributed by atoms with Gasteiger partial charge in [-0.3, -0.25) is 0 Å². The minimum absolute atomic E-state index is 0. The predicted octanol–water partition coefficient (Wildman–Crippen LogP) is 2.81. The minimum Gasteiger partial charge on any atom is -0.345 e. The molecule has 1 heterocycles. The normalized spacial score (nSPS) is 9.31. The Balaban J connectivity index is 0.000000845. The van der Waals surface area contributed by atoms with E-state index in [0.717, 1.165) is 5.82 Å². The molecule has 13 heavy (non-hydrogen) atoms. The number of benzene rings is 1. The molecule has 0 aliphatic carbocycles. The van der Waals surface area contributed by atoms with Gasteiger partial charge >= 0.3 is 0 Å². The molecule has 0 aliphatic heterocycles. The molecule has 0 unspecified atom stereocenters. The van der Waals surface area contributed by atoms with Crippen molar-refractivity contribution >= 4 is 12.4 Å². The van der Waals surface area contributed by atoms with Gasteiger partial charge in [-0.25, -0.2) is 4.98 Å². The minimum atomic E-state index is 0. The van der Waals surface area contributed by atoms with Crippen molar-refractivity contribution in [3.05, 3.63) is 42.2 Å². The number of aromatic amines is 1. The number of aromatic nitrogens is 2. The number of imidazole rings is 1. The van der Waals surface area contributed by atoms with Gasteiger partial charge in [-0.2, -0.15) is 0 Å². The molecule has 2 aromatic rings. The summed E-state index contributed by atoms with van der Waals surface area (Å²) in [7, 11) is 0. The first-order valence-electron chi connectivity index (χ1n) is 3.93. The van der Waals surface area contributed by atoms with E-state index in [2.05, 4.69) is 29.0 Å². The first-order chi connectivity index (χ1) is 5.88. The molecule has 0 amide bonds. The van der Waals surface area contributed by atoms with Crippen LogP contribution < -0.4 is 0 Å². The van der Waals surface area contributed by atoms with Crippen LogP contribution in [0, 0.1) is 6.92 Å². The highest BCUT2D eigenvalue weighted by molar-refractivity contribution is 5.85. The van der Waals surface area contributed by atoms with E-state index in [4.69, 9.17) is 0 Å². The predicted molar refractivity (Wildman–Crippen MR) is 56.0 cm³/mol. The van der Waals surface area contributed by atoms with Gasteiger partial charge in [-0.1, -0.05) is 24.3 Å². The van der Waals surface area contributed by atoms with Crippen LogP contribution in [0.2, 0.25) is 0 Å². The highest BCUT2D eigenvalue weighted by Crippen LogP contribution is 2.17. The summed E-state index contributed by atoms with van der Waals surface area (Å²) in [6.07, 6.45) is 3.60. The molecule has 0 bridgehead atoms. The maximum Gasteiger partial charge on any atom is 0.137 e. The van der Waals surface area contributed by atoms with Crippen LogP contribution >= 0.6 is 12.4 Å². The quantitative estimate of drug-likeness (QED) is 0.743. The molecule has 0 saturated heterocycles. The van der Waals surface area contributed by atoms with Gasteiger partial charge in [-0.15, -0.1) is 12.4 Å². The molecule has 1 aromatic heterocycles. The van der Waals surface area contributed by atoms with Crippen molar-refractivity contribution < 1.29 is 0 Å². The Bertz CT molecular complexity index is 368. The Morgan fingerprint density at radius 3 is 2.62 bits per heavy atom. The number of hydrogen-bond acceptors (Lipinski definition) is 1. The maximum absolute atomic E-state index is 4.19. The molecule has 3 heteroatoms. The van der Waals surface area contributed by atoms with Crippen molar-refractivity contribution in [3.8, 4) is 11.4 Å². The van der Waals surface area contributed by atoms with Gasteiger partial charge < -0.3 is 4.98 Å². The highest BCUT2D eigenvalue weighted by Gasteiger charge is 2.00. The van der Waals surface area contributed by atoms with Crippen molar-refractivity contribution in [2.45, 2.75) is 6.92 Å². The Morgan fingerprint density at radius 1 is 1.23 bits per heavy atom. The average Bonchev–Trinajstić information content (AvgIpc) is 2.57. The zero-order valence-electron chi connectivity index (χ0n) is 7.32. The monoisotopic (exact) mass is 194 g/mol. The number of nitrogens with one attached hydrogen (secondary N) is 1. The number of halogens is 1. The van der Waals surface area contributed by atoms with Crippen molar-refractivity contribution in [3.63, 3.8) is 0 Å². The molecule has 1 N–H and O–H groups in total. The van der Waals surface area contributed by atoms with E-state index in [1.165, 1.54) is 11.1 Å². The Hall–Kier alpha value is -1.28. The Labute approximate surface area is 83.4 Å². The van der Waals surface area contributed by atoms with Gasteiger partial charge in [0, 0.05) is 18.0 Å². The molecular weight excluding hydrogens is 184 g/mol. The van der Waals surface area contributed by atoms with Crippen molar-refractivity contribution in [2.75, 3.05) is 0 Å². The van der Waals surface area contributed by atoms with Crippen LogP contribution in [0.3, 0.4) is 0 Å². The van der Waals surface area contributed by atoms with Gasteiger partial charge in [0.1, 0.15) is 5.82 Å². The summed E-state index contributed by atoms with van der Waals surface area (Å²) in [6, 6.07) is 8.19. The van der Waals surface area contributed by atoms with Crippen molar-refractivity contribution in [2.24, 2.45) is 0 Å². The summed E-state index contributed by atoms with van der Waals surface area (Å²) >= 11 is 0. The largest absolute Gasteiger partial charge is 0.345 e. The lowest BCUT2D eigenvalue weighted by atomic mass is 10.1. The summed E-state index contributed by atoms with van der Waals surface area (Å²) in [6.45, 7) is 2.08. The third kappa shape index (κ3) is 1.90. The SMILES string of the molecule is Cc1ccccc1-c1ncc[nH]1.Cl. The van der Waals surface area contributed by atoms with Crippen LogP contribution in [0.15, 0.2) is 36.7 Å². The third-order valence-corrected chi connectivity index (χ3v) is 1.90. The molecule has 2 rings (SSSR count). The zero-order chi connectivity index (χ0) is 8.39. The molecule has 68 valence electrons. The first kappa shape index (κ1) is 9.81. The molecule has 0 radical (unpaired) electrons. The fraction of sp³-hybridized carbons (Fsp3) is 0.100. The smallest absolute Gasteiger partial charge is 0.137 e. The average molecular weight is 195 g/mol. The van der Waals surface area contributed by atoms with Gasteiger partial charge in [0.2, 0.25) is 0 Å². The van der Waals surface area contributed by atoms with E-state index in [-0.39, 0.29) is 12.4 Å². The molecule has 0 atom stereocenters. The second-order valence-corrected chi connectivity index (χ2v) is 2.75. The second-order valence-electron chi connectivity index (χ2n) is 2.75. The number of H-pyrrole nitrogens is 1. The van der Waals surface area contributed by atoms with Crippen LogP contribution in [0.4, 0.5) is 0 Å². The summed E-state index contributed by atoms with van der Waals surface area (Å²) in [5, 5.41) is 0. The van der Waals surface area contributed by atoms with E-state index in [1.807, 2.05) is 18.3 Å². The summed E-state index contributed by atoms with van der Waals surface area (Å²) in [5.41, 5.74) is 2.41. The lowest BCUT2D eigenvalue weighted by Gasteiger charge is -1.99. The molecule has 0 fully saturated rings. The maximum atomic E-state index is 4.19. The van der Waals surface area contributed by atoms with Gasteiger partial charge in [-0.05, 0) is 12.5 Å². The highest BCUT2D eigenvalue weighted by atomic mass is 35.5. The molecule has 1 aromatic carbocycles. The van der Waals surface area contributed by atoms with Gasteiger partial charge in [0.05, 0.1) is 0 Å². The lowest BCUT2D eigenvalue weighted by molar-refractivity contribution is 1.29. The number of nitrogens with zero attached hydrogens (tertiary/aromatic N) is 1. The van der Waals surface area contributed by atoms with Crippen LogP contribution in [0.1, 0.15) is 5.56 Å². The van der Waals surface area contributed by atoms with Crippen molar-refractivity contribution in [1.29, 1.82) is 0 Å². The van der Waals surface area contributed by atoms with Gasteiger partial charge in [0.25, 0.3) is 0 Å². The molecule has 0 saturated carbocycles. The summed E-state index contributed by atoms with van der Waals surface area (Å²) in [5.74, 6) is 0.938. The van der Waals surface area contributed by atoms with Crippen LogP contribution in [-0.2, 0) is 0 Å². The third-order valence-electron chi connectivity index (χ3n) is 1.90. The Kier molecular flexibility index (Phi) is 3.09. The standard InChI is InChI=1S/C10H10N2.ClH/c1-8-4-2-3-5-9(8)10-11-6-7-12-10;/h2-7H,1H3,(H,11,12);1H. The fourth-order valence-electron chi connectivity index (χ4n) is 1.25. The molecule has 0 spiro atoms. The first-order valence-corrected chi connectivity index (χ1v) is 3.93. The molecule has 0 aliphatic rings. The second kappa shape index (κ2) is 4.10. The van der Waals surface area contributed by atoms with E-state index in [0.29, 0.717) is 0 Å². The Morgan fingerprint density at radius 2 is 2.00 bits per heavy atom. The summed E-state index contributed by atoms with van der Waals surface area (Å²) in [4.78, 5) is 7.27. The topological polar surface area (TPSA) is 28.7 Å². The lowest BCUT2D eigenvalue weighted by Crippen LogP contribution is -1.83. The summed E-state index contributed by atoms with van der Waals surface area (Å²) < 4.78 is 0. The number of rotatable bonds is 1. The molecular formula is C10H11ClN2. The van der Waals surface area contributed by atoms with Crippen LogP contribution in [0.25, 0.3) is 11.4 Å². The van der Waals surface area contributed by atoms with Crippen LogP contribution in [-0.4, -0.2) is 9.97 Å². The van der Waals surface area contributed by atoms with Crippen LogP contribution in [0.5, 0.6) is 0 Å². The van der Waals surface area contributed by atoms with E-state index in [1.54, 1.807) is 6.20 Å². The number of hydrogen-bond donors (Lipinski definition) is 1. The van der Waals surface area contributed by atoms with Gasteiger partial charge in [0.15, 0.2) is 0 Å². The van der Waals surface area contributed by atoms with E-state index < -0.39 is 0 Å². The van der Waals surface area contributed by atoms with E-state index >= 15 is 0 Å². The molecule has 2 nitrogen and oxygen atoms in total. The fourth-order valence-corrected chi connectivity index (χ4v) is 1.25. The zero-order valence-corrected chi connectivity index (χ0v) is 8.14.